The number of amides is 1. The second-order valence-corrected chi connectivity index (χ2v) is 3.99. The van der Waals surface area contributed by atoms with Crippen molar-refractivity contribution in [1.29, 1.82) is 0 Å². The molecule has 0 heterocycles. The first-order valence-corrected chi connectivity index (χ1v) is 5.85. The third-order valence-electron chi connectivity index (χ3n) is 2.10. The summed E-state index contributed by atoms with van der Waals surface area (Å²) in [6.07, 6.45) is 0.203. The van der Waals surface area contributed by atoms with Crippen molar-refractivity contribution < 1.29 is 9.53 Å². The molecule has 0 saturated heterocycles. The number of hydrogen-bond donors (Lipinski definition) is 2. The zero-order valence-corrected chi connectivity index (χ0v) is 10.4. The Balaban J connectivity index is 2.09. The molecule has 4 heteroatoms. The lowest BCUT2D eigenvalue weighted by Crippen LogP contribution is -2.32. The molecule has 0 fully saturated rings. The Morgan fingerprint density at radius 3 is 2.65 bits per heavy atom. The summed E-state index contributed by atoms with van der Waals surface area (Å²) in [7, 11) is 0. The first-order chi connectivity index (χ1) is 8.18. The molecule has 1 rings (SSSR count). The van der Waals surface area contributed by atoms with Crippen molar-refractivity contribution in [1.82, 2.24) is 5.32 Å². The number of carbonyl (C=O) groups is 1. The molecule has 0 saturated carbocycles. The maximum atomic E-state index is 11.4. The molecule has 0 atom stereocenters. The molecular formula is C13H20N2O2. The van der Waals surface area contributed by atoms with Crippen molar-refractivity contribution >= 4 is 11.6 Å². The van der Waals surface area contributed by atoms with Crippen LogP contribution in [0.3, 0.4) is 0 Å². The molecule has 94 valence electrons. The van der Waals surface area contributed by atoms with Crippen LogP contribution in [0, 0.1) is 0 Å². The Morgan fingerprint density at radius 1 is 1.29 bits per heavy atom. The van der Waals surface area contributed by atoms with Gasteiger partial charge in [0.1, 0.15) is 0 Å². The Kier molecular flexibility index (Phi) is 6.10. The number of para-hydroxylation sites is 1. The van der Waals surface area contributed by atoms with Crippen molar-refractivity contribution in [2.24, 2.45) is 0 Å². The summed E-state index contributed by atoms with van der Waals surface area (Å²) in [6.45, 7) is 5.32. The minimum absolute atomic E-state index is 0.0267. The smallest absolute Gasteiger partial charge is 0.239 e. The van der Waals surface area contributed by atoms with Crippen LogP contribution in [-0.2, 0) is 9.53 Å². The summed E-state index contributed by atoms with van der Waals surface area (Å²) in [5.41, 5.74) is 0.945. The van der Waals surface area contributed by atoms with E-state index in [1.807, 2.05) is 44.2 Å². The molecule has 0 aliphatic heterocycles. The van der Waals surface area contributed by atoms with Crippen LogP contribution in [0.1, 0.15) is 13.8 Å². The van der Waals surface area contributed by atoms with E-state index in [0.717, 1.165) is 5.69 Å². The van der Waals surface area contributed by atoms with Crippen molar-refractivity contribution in [2.45, 2.75) is 20.0 Å². The third-order valence-corrected chi connectivity index (χ3v) is 2.10. The van der Waals surface area contributed by atoms with Gasteiger partial charge in [-0.3, -0.25) is 4.79 Å². The van der Waals surface area contributed by atoms with Gasteiger partial charge >= 0.3 is 0 Å². The Morgan fingerprint density at radius 2 is 2.00 bits per heavy atom. The number of carbonyl (C=O) groups excluding carboxylic acids is 1. The summed E-state index contributed by atoms with van der Waals surface area (Å²) in [5.74, 6) is -0.0267. The maximum absolute atomic E-state index is 11.4. The third kappa shape index (κ3) is 6.58. The van der Waals surface area contributed by atoms with Crippen LogP contribution in [0.2, 0.25) is 0 Å². The fourth-order valence-electron chi connectivity index (χ4n) is 1.29. The number of rotatable bonds is 7. The van der Waals surface area contributed by atoms with E-state index < -0.39 is 0 Å². The summed E-state index contributed by atoms with van der Waals surface area (Å²) in [4.78, 5) is 11.4. The molecule has 0 unspecified atom stereocenters. The Labute approximate surface area is 102 Å². The molecule has 17 heavy (non-hydrogen) atoms. The number of benzene rings is 1. The Bertz CT molecular complexity index is 325. The minimum Gasteiger partial charge on any atom is -0.377 e. The van der Waals surface area contributed by atoms with Gasteiger partial charge in [-0.05, 0) is 26.0 Å². The fourth-order valence-corrected chi connectivity index (χ4v) is 1.29. The highest BCUT2D eigenvalue weighted by Crippen LogP contribution is 2.03. The largest absolute Gasteiger partial charge is 0.377 e. The van der Waals surface area contributed by atoms with Crippen LogP contribution < -0.4 is 10.6 Å². The van der Waals surface area contributed by atoms with E-state index in [0.29, 0.717) is 13.2 Å². The number of ether oxygens (including phenoxy) is 1. The fraction of sp³-hybridized carbons (Fsp3) is 0.462. The topological polar surface area (TPSA) is 50.4 Å². The highest BCUT2D eigenvalue weighted by Gasteiger charge is 2.00. The van der Waals surface area contributed by atoms with E-state index in [1.165, 1.54) is 0 Å². The molecule has 0 aliphatic rings. The zero-order chi connectivity index (χ0) is 12.5. The molecule has 0 bridgehead atoms. The standard InChI is InChI=1S/C13H20N2O2/c1-11(2)17-9-8-14-13(16)10-15-12-6-4-3-5-7-12/h3-7,11,15H,8-10H2,1-2H3,(H,14,16). The molecule has 0 spiro atoms. The quantitative estimate of drug-likeness (QED) is 0.708. The van der Waals surface area contributed by atoms with Gasteiger partial charge < -0.3 is 15.4 Å². The van der Waals surface area contributed by atoms with E-state index >= 15 is 0 Å². The van der Waals surface area contributed by atoms with E-state index in [9.17, 15) is 4.79 Å². The molecule has 0 aliphatic carbocycles. The van der Waals surface area contributed by atoms with E-state index in [-0.39, 0.29) is 18.6 Å². The first kappa shape index (κ1) is 13.5. The molecule has 2 N–H and O–H groups in total. The van der Waals surface area contributed by atoms with Crippen molar-refractivity contribution in [3.05, 3.63) is 30.3 Å². The van der Waals surface area contributed by atoms with Gasteiger partial charge in [-0.15, -0.1) is 0 Å². The van der Waals surface area contributed by atoms with E-state index in [1.54, 1.807) is 0 Å². The van der Waals surface area contributed by atoms with Gasteiger partial charge in [-0.1, -0.05) is 18.2 Å². The van der Waals surface area contributed by atoms with Gasteiger partial charge in [0.25, 0.3) is 0 Å². The molecule has 0 aromatic heterocycles. The zero-order valence-electron chi connectivity index (χ0n) is 10.4. The summed E-state index contributed by atoms with van der Waals surface area (Å²) in [5, 5.41) is 5.82. The van der Waals surface area contributed by atoms with Gasteiger partial charge in [-0.25, -0.2) is 0 Å². The highest BCUT2D eigenvalue weighted by molar-refractivity contribution is 5.80. The predicted octanol–water partition coefficient (Wildman–Crippen LogP) is 1.64. The van der Waals surface area contributed by atoms with E-state index in [2.05, 4.69) is 10.6 Å². The van der Waals surface area contributed by atoms with Crippen LogP contribution in [0.5, 0.6) is 0 Å². The minimum atomic E-state index is -0.0267. The lowest BCUT2D eigenvalue weighted by molar-refractivity contribution is -0.119. The lowest BCUT2D eigenvalue weighted by atomic mass is 10.3. The number of anilines is 1. The molecule has 4 nitrogen and oxygen atoms in total. The van der Waals surface area contributed by atoms with Gasteiger partial charge in [0, 0.05) is 12.2 Å². The highest BCUT2D eigenvalue weighted by atomic mass is 16.5. The Hall–Kier alpha value is -1.55. The second kappa shape index (κ2) is 7.68. The molecule has 1 aromatic rings. The second-order valence-electron chi connectivity index (χ2n) is 3.99. The average molecular weight is 236 g/mol. The van der Waals surface area contributed by atoms with Gasteiger partial charge in [0.05, 0.1) is 19.3 Å². The predicted molar refractivity (Wildman–Crippen MR) is 69.0 cm³/mol. The van der Waals surface area contributed by atoms with Crippen LogP contribution >= 0.6 is 0 Å². The van der Waals surface area contributed by atoms with Gasteiger partial charge in [0.15, 0.2) is 0 Å². The van der Waals surface area contributed by atoms with Gasteiger partial charge in [0.2, 0.25) is 5.91 Å². The van der Waals surface area contributed by atoms with Crippen LogP contribution in [0.25, 0.3) is 0 Å². The maximum Gasteiger partial charge on any atom is 0.239 e. The summed E-state index contributed by atoms with van der Waals surface area (Å²) in [6, 6.07) is 9.65. The average Bonchev–Trinajstić information content (AvgIpc) is 2.33. The van der Waals surface area contributed by atoms with Crippen LogP contribution in [0.15, 0.2) is 30.3 Å². The molecule has 1 aromatic carbocycles. The summed E-state index contributed by atoms with van der Waals surface area (Å²) < 4.78 is 5.32. The normalized spacial score (nSPS) is 10.3. The van der Waals surface area contributed by atoms with Crippen molar-refractivity contribution in [3.63, 3.8) is 0 Å². The summed E-state index contributed by atoms with van der Waals surface area (Å²) >= 11 is 0. The first-order valence-electron chi connectivity index (χ1n) is 5.85. The van der Waals surface area contributed by atoms with Crippen molar-refractivity contribution in [3.8, 4) is 0 Å². The van der Waals surface area contributed by atoms with Gasteiger partial charge in [-0.2, -0.15) is 0 Å². The monoisotopic (exact) mass is 236 g/mol. The lowest BCUT2D eigenvalue weighted by Gasteiger charge is -2.09. The van der Waals surface area contributed by atoms with Crippen molar-refractivity contribution in [2.75, 3.05) is 25.0 Å². The number of nitrogens with one attached hydrogen (secondary N) is 2. The van der Waals surface area contributed by atoms with Crippen LogP contribution in [0.4, 0.5) is 5.69 Å². The SMILES string of the molecule is CC(C)OCCNC(=O)CNc1ccccc1. The molecule has 0 radical (unpaired) electrons. The number of hydrogen-bond acceptors (Lipinski definition) is 3. The van der Waals surface area contributed by atoms with E-state index in [4.69, 9.17) is 4.74 Å². The molecule has 1 amide bonds. The molecular weight excluding hydrogens is 216 g/mol. The van der Waals surface area contributed by atoms with Crippen LogP contribution in [-0.4, -0.2) is 31.7 Å².